The van der Waals surface area contributed by atoms with Crippen molar-refractivity contribution in [1.29, 1.82) is 0 Å². The zero-order valence-electron chi connectivity index (χ0n) is 20.3. The zero-order valence-corrected chi connectivity index (χ0v) is 20.3. The summed E-state index contributed by atoms with van der Waals surface area (Å²) in [6.07, 6.45) is 17.7. The molecule has 2 unspecified atom stereocenters. The Morgan fingerprint density at radius 2 is 1.42 bits per heavy atom. The van der Waals surface area contributed by atoms with E-state index in [0.29, 0.717) is 18.0 Å². The maximum atomic E-state index is 2.91. The van der Waals surface area contributed by atoms with Crippen molar-refractivity contribution < 1.29 is 0 Å². The lowest BCUT2D eigenvalue weighted by Gasteiger charge is -2.51. The minimum atomic E-state index is -0.0248. The van der Waals surface area contributed by atoms with Gasteiger partial charge in [0.1, 0.15) is 6.17 Å². The van der Waals surface area contributed by atoms with Gasteiger partial charge in [-0.15, -0.1) is 0 Å². The number of rotatable bonds is 4. The summed E-state index contributed by atoms with van der Waals surface area (Å²) in [5.74, 6) is 1.39. The first-order valence-corrected chi connectivity index (χ1v) is 13.3. The first kappa shape index (κ1) is 21.1. The smallest absolute Gasteiger partial charge is 0.110 e. The second kappa shape index (κ2) is 8.38. The molecular weight excluding hydrogens is 400 g/mol. The highest BCUT2D eigenvalue weighted by Gasteiger charge is 2.56. The van der Waals surface area contributed by atoms with E-state index in [1.807, 2.05) is 0 Å². The van der Waals surface area contributed by atoms with Crippen LogP contribution in [0.4, 0.5) is 5.69 Å². The number of hydrogen-bond donors (Lipinski definition) is 0. The Morgan fingerprint density at radius 1 is 0.758 bits per heavy atom. The molecule has 4 aliphatic rings. The van der Waals surface area contributed by atoms with Crippen molar-refractivity contribution in [3.63, 3.8) is 0 Å². The number of allylic oxidation sites excluding steroid dienone is 2. The van der Waals surface area contributed by atoms with Crippen molar-refractivity contribution >= 4 is 5.69 Å². The van der Waals surface area contributed by atoms with E-state index in [-0.39, 0.29) is 5.54 Å². The summed E-state index contributed by atoms with van der Waals surface area (Å²) in [6, 6.07) is 20.5. The molecule has 33 heavy (non-hydrogen) atoms. The third-order valence-corrected chi connectivity index (χ3v) is 9.07. The predicted molar refractivity (Wildman–Crippen MR) is 138 cm³/mol. The van der Waals surface area contributed by atoms with E-state index in [4.69, 9.17) is 0 Å². The van der Waals surface area contributed by atoms with Gasteiger partial charge >= 0.3 is 0 Å². The fourth-order valence-electron chi connectivity index (χ4n) is 7.55. The molecule has 0 bridgehead atoms. The van der Waals surface area contributed by atoms with E-state index in [2.05, 4.69) is 90.4 Å². The van der Waals surface area contributed by atoms with Gasteiger partial charge in [0.2, 0.25) is 0 Å². The van der Waals surface area contributed by atoms with Crippen molar-refractivity contribution in [1.82, 2.24) is 4.90 Å². The first-order valence-electron chi connectivity index (χ1n) is 13.3. The summed E-state index contributed by atoms with van der Waals surface area (Å²) in [4.78, 5) is 5.64. The number of benzene rings is 2. The van der Waals surface area contributed by atoms with Crippen molar-refractivity contribution in [2.75, 3.05) is 4.90 Å². The molecule has 2 aliphatic heterocycles. The first-order chi connectivity index (χ1) is 16.2. The van der Waals surface area contributed by atoms with E-state index in [1.165, 1.54) is 86.0 Å². The van der Waals surface area contributed by atoms with Gasteiger partial charge in [0.05, 0.1) is 11.2 Å². The Hall–Kier alpha value is -2.48. The van der Waals surface area contributed by atoms with Crippen LogP contribution < -0.4 is 4.90 Å². The van der Waals surface area contributed by atoms with Gasteiger partial charge in [-0.05, 0) is 74.6 Å². The highest BCUT2D eigenvalue weighted by atomic mass is 15.5. The quantitative estimate of drug-likeness (QED) is 0.478. The molecular formula is C31H38N2. The third-order valence-electron chi connectivity index (χ3n) is 9.07. The lowest BCUT2D eigenvalue weighted by molar-refractivity contribution is 0.0479. The monoisotopic (exact) mass is 438 g/mol. The van der Waals surface area contributed by atoms with Gasteiger partial charge in [-0.25, -0.2) is 0 Å². The molecule has 2 aromatic carbocycles. The molecule has 0 aromatic heterocycles. The number of para-hydroxylation sites is 1. The van der Waals surface area contributed by atoms with Crippen LogP contribution in [0.15, 0.2) is 78.1 Å². The largest absolute Gasteiger partial charge is 0.336 e. The Balaban J connectivity index is 1.54. The van der Waals surface area contributed by atoms with Crippen LogP contribution >= 0.6 is 0 Å². The number of hydrogen-bond acceptors (Lipinski definition) is 2. The van der Waals surface area contributed by atoms with Gasteiger partial charge in [-0.3, -0.25) is 0 Å². The minimum absolute atomic E-state index is 0.0248. The van der Waals surface area contributed by atoms with Crippen molar-refractivity contribution in [2.24, 2.45) is 11.8 Å². The molecule has 6 rings (SSSR count). The molecule has 172 valence electrons. The second-order valence-electron chi connectivity index (χ2n) is 10.8. The highest BCUT2D eigenvalue weighted by Crippen LogP contribution is 2.57. The van der Waals surface area contributed by atoms with Gasteiger partial charge in [-0.2, -0.15) is 0 Å². The molecule has 0 N–H and O–H groups in total. The highest BCUT2D eigenvalue weighted by molar-refractivity contribution is 5.64. The van der Waals surface area contributed by atoms with Crippen LogP contribution in [-0.4, -0.2) is 11.1 Å². The van der Waals surface area contributed by atoms with Crippen LogP contribution in [0, 0.1) is 18.8 Å². The summed E-state index contributed by atoms with van der Waals surface area (Å²) in [6.45, 7) is 4.65. The molecule has 0 saturated heterocycles. The Kier molecular flexibility index (Phi) is 5.35. The Labute approximate surface area is 200 Å². The topological polar surface area (TPSA) is 6.48 Å². The van der Waals surface area contributed by atoms with E-state index in [1.54, 1.807) is 0 Å². The zero-order chi connectivity index (χ0) is 22.4. The number of fused-ring (bicyclic) bond motifs is 1. The van der Waals surface area contributed by atoms with Crippen molar-refractivity contribution in [3.05, 3.63) is 89.3 Å². The molecule has 2 nitrogen and oxygen atoms in total. The molecule has 0 amide bonds. The Morgan fingerprint density at radius 3 is 2.15 bits per heavy atom. The number of nitrogens with zero attached hydrogens (tertiary/aromatic N) is 2. The van der Waals surface area contributed by atoms with E-state index in [9.17, 15) is 0 Å². The summed E-state index contributed by atoms with van der Waals surface area (Å²) in [5, 5.41) is 0. The van der Waals surface area contributed by atoms with Gasteiger partial charge in [0.25, 0.3) is 0 Å². The van der Waals surface area contributed by atoms with Crippen molar-refractivity contribution in [2.45, 2.75) is 83.3 Å². The van der Waals surface area contributed by atoms with E-state index in [0.717, 1.165) is 0 Å². The molecule has 2 saturated carbocycles. The van der Waals surface area contributed by atoms with Crippen LogP contribution in [0.5, 0.6) is 0 Å². The summed E-state index contributed by atoms with van der Waals surface area (Å²) in [7, 11) is 0. The lowest BCUT2D eigenvalue weighted by Crippen LogP contribution is -2.56. The maximum Gasteiger partial charge on any atom is 0.110 e. The molecule has 0 spiro atoms. The fraction of sp³-hybridized carbons (Fsp3) is 0.484. The van der Waals surface area contributed by atoms with Gasteiger partial charge in [0, 0.05) is 11.4 Å². The average Bonchev–Trinajstić information content (AvgIpc) is 3.58. The van der Waals surface area contributed by atoms with Gasteiger partial charge in [0.15, 0.2) is 0 Å². The molecule has 2 heterocycles. The molecule has 2 aromatic rings. The van der Waals surface area contributed by atoms with E-state index >= 15 is 0 Å². The second-order valence-corrected chi connectivity index (χ2v) is 10.8. The van der Waals surface area contributed by atoms with E-state index < -0.39 is 0 Å². The van der Waals surface area contributed by atoms with Crippen LogP contribution in [0.2, 0.25) is 0 Å². The predicted octanol–water partition coefficient (Wildman–Crippen LogP) is 7.91. The SMILES string of the molecule is CC1=C2C=CC(c3ccccc3)(C3CCCCC3)N2C(C2CCCC2)N1c1ccccc1C. The van der Waals surface area contributed by atoms with Crippen LogP contribution in [0.3, 0.4) is 0 Å². The molecule has 0 radical (unpaired) electrons. The normalized spacial score (nSPS) is 28.2. The standard InChI is InChI=1S/C31H38N2/c1-23-13-9-12-20-28(23)32-24(2)29-21-22-31(26-16-5-3-6-17-26,27-18-7-4-8-19-27)33(29)30(32)25-14-10-11-15-25/h3,5-6,9,12-13,16-17,20-22,25,27,30H,4,7-8,10-11,14-15,18-19H2,1-2H3. The number of anilines is 1. The Bertz CT molecular complexity index is 1060. The molecule has 2 aliphatic carbocycles. The average molecular weight is 439 g/mol. The summed E-state index contributed by atoms with van der Waals surface area (Å²) in [5.41, 5.74) is 7.14. The molecule has 2 heteroatoms. The molecule has 2 fully saturated rings. The summed E-state index contributed by atoms with van der Waals surface area (Å²) < 4.78 is 0. The van der Waals surface area contributed by atoms with Gasteiger partial charge in [-0.1, -0.05) is 86.7 Å². The third kappa shape index (κ3) is 3.21. The summed E-state index contributed by atoms with van der Waals surface area (Å²) >= 11 is 0. The minimum Gasteiger partial charge on any atom is -0.336 e. The van der Waals surface area contributed by atoms with Crippen LogP contribution in [-0.2, 0) is 5.54 Å². The molecule has 2 atom stereocenters. The lowest BCUT2D eigenvalue weighted by atomic mass is 9.70. The number of aryl methyl sites for hydroxylation is 1. The van der Waals surface area contributed by atoms with Crippen LogP contribution in [0.25, 0.3) is 0 Å². The van der Waals surface area contributed by atoms with Crippen LogP contribution in [0.1, 0.15) is 75.8 Å². The van der Waals surface area contributed by atoms with Gasteiger partial charge < -0.3 is 9.80 Å². The maximum absolute atomic E-state index is 2.91. The van der Waals surface area contributed by atoms with Crippen molar-refractivity contribution in [3.8, 4) is 0 Å². The fourth-order valence-corrected chi connectivity index (χ4v) is 7.55.